The summed E-state index contributed by atoms with van der Waals surface area (Å²) in [5, 5.41) is 6.81. The Morgan fingerprint density at radius 1 is 1.00 bits per heavy atom. The predicted molar refractivity (Wildman–Crippen MR) is 143 cm³/mol. The van der Waals surface area contributed by atoms with Crippen LogP contribution >= 0.6 is 24.0 Å². The lowest BCUT2D eigenvalue weighted by Gasteiger charge is -2.34. The first-order valence-electron chi connectivity index (χ1n) is 11.9. The summed E-state index contributed by atoms with van der Waals surface area (Å²) in [5.74, 6) is 0.921. The maximum absolute atomic E-state index is 5.94. The molecular weight excluding hydrogens is 501 g/mol. The van der Waals surface area contributed by atoms with Gasteiger partial charge in [0, 0.05) is 52.4 Å². The van der Waals surface area contributed by atoms with Gasteiger partial charge in [-0.15, -0.1) is 24.0 Å². The van der Waals surface area contributed by atoms with Gasteiger partial charge in [0.1, 0.15) is 0 Å². The van der Waals surface area contributed by atoms with E-state index >= 15 is 0 Å². The predicted octanol–water partition coefficient (Wildman–Crippen LogP) is 3.75. The molecule has 2 N–H and O–H groups in total. The Balaban J connectivity index is 0.00000480. The van der Waals surface area contributed by atoms with Crippen molar-refractivity contribution in [2.45, 2.75) is 46.1 Å². The summed E-state index contributed by atoms with van der Waals surface area (Å²) < 4.78 is 5.94. The summed E-state index contributed by atoms with van der Waals surface area (Å²) in [7, 11) is 0. The van der Waals surface area contributed by atoms with E-state index in [9.17, 15) is 0 Å². The van der Waals surface area contributed by atoms with Crippen LogP contribution < -0.4 is 10.6 Å². The van der Waals surface area contributed by atoms with Crippen molar-refractivity contribution in [2.24, 2.45) is 4.99 Å². The Hall–Kier alpha value is -0.900. The number of rotatable bonds is 13. The molecule has 2 rings (SSSR count). The van der Waals surface area contributed by atoms with E-state index in [1.807, 2.05) is 6.07 Å². The molecule has 6 nitrogen and oxygen atoms in total. The van der Waals surface area contributed by atoms with E-state index in [2.05, 4.69) is 70.5 Å². The van der Waals surface area contributed by atoms with Crippen LogP contribution in [0.1, 0.15) is 51.7 Å². The van der Waals surface area contributed by atoms with Crippen LogP contribution in [0.2, 0.25) is 0 Å². The molecule has 1 aromatic carbocycles. The van der Waals surface area contributed by atoms with E-state index in [4.69, 9.17) is 4.74 Å². The second kappa shape index (κ2) is 17.6. The van der Waals surface area contributed by atoms with Gasteiger partial charge in [-0.1, -0.05) is 37.3 Å². The van der Waals surface area contributed by atoms with Gasteiger partial charge in [0.15, 0.2) is 5.96 Å². The molecule has 0 bridgehead atoms. The molecule has 1 saturated heterocycles. The number of benzene rings is 1. The van der Waals surface area contributed by atoms with Gasteiger partial charge in [-0.2, -0.15) is 0 Å². The molecule has 0 aliphatic carbocycles. The molecule has 0 aromatic heterocycles. The van der Waals surface area contributed by atoms with Crippen LogP contribution in [-0.2, 0) is 4.74 Å². The number of nitrogens with one attached hydrogen (secondary N) is 2. The highest BCUT2D eigenvalue weighted by molar-refractivity contribution is 14.0. The molecule has 1 aliphatic rings. The third-order valence-electron chi connectivity index (χ3n) is 5.66. The first-order chi connectivity index (χ1) is 14.7. The van der Waals surface area contributed by atoms with Crippen molar-refractivity contribution in [1.82, 2.24) is 20.4 Å². The maximum atomic E-state index is 5.94. The molecule has 1 fully saturated rings. The summed E-state index contributed by atoms with van der Waals surface area (Å²) in [4.78, 5) is 9.82. The number of likely N-dealkylation sites (N-methyl/N-ethyl adjacent to an activating group) is 1. The number of ether oxygens (including phenoxy) is 1. The highest BCUT2D eigenvalue weighted by Crippen LogP contribution is 2.15. The average molecular weight is 546 g/mol. The Morgan fingerprint density at radius 2 is 1.71 bits per heavy atom. The summed E-state index contributed by atoms with van der Waals surface area (Å²) in [5.41, 5.74) is 1.23. The van der Waals surface area contributed by atoms with E-state index < -0.39 is 0 Å². The van der Waals surface area contributed by atoms with Crippen LogP contribution in [0.25, 0.3) is 0 Å². The zero-order chi connectivity index (χ0) is 21.4. The fourth-order valence-corrected chi connectivity index (χ4v) is 3.67. The Labute approximate surface area is 207 Å². The number of unbranched alkanes of at least 4 members (excludes halogenated alkanes) is 1. The minimum absolute atomic E-state index is 0. The summed E-state index contributed by atoms with van der Waals surface area (Å²) in [6, 6.07) is 10.4. The van der Waals surface area contributed by atoms with Crippen LogP contribution in [0.4, 0.5) is 0 Å². The number of nitrogens with zero attached hydrogens (tertiary/aromatic N) is 3. The van der Waals surface area contributed by atoms with Crippen LogP contribution in [-0.4, -0.2) is 81.3 Å². The maximum Gasteiger partial charge on any atom is 0.191 e. The SMILES string of the molecule is CCNC(=NCCCOC(C)c1ccccc1)NCCCCN1CCN(CC)CC1.I. The lowest BCUT2D eigenvalue weighted by atomic mass is 10.1. The van der Waals surface area contributed by atoms with Gasteiger partial charge in [-0.3, -0.25) is 4.99 Å². The van der Waals surface area contributed by atoms with Gasteiger partial charge in [0.25, 0.3) is 0 Å². The second-order valence-electron chi connectivity index (χ2n) is 7.95. The van der Waals surface area contributed by atoms with Crippen LogP contribution in [0, 0.1) is 0 Å². The van der Waals surface area contributed by atoms with E-state index in [1.165, 1.54) is 57.7 Å². The first kappa shape index (κ1) is 28.1. The quantitative estimate of drug-likeness (QED) is 0.171. The van der Waals surface area contributed by atoms with Gasteiger partial charge in [0.2, 0.25) is 0 Å². The smallest absolute Gasteiger partial charge is 0.191 e. The molecule has 31 heavy (non-hydrogen) atoms. The Morgan fingerprint density at radius 3 is 2.39 bits per heavy atom. The molecule has 178 valence electrons. The molecule has 0 saturated carbocycles. The van der Waals surface area contributed by atoms with Crippen molar-refractivity contribution in [3.63, 3.8) is 0 Å². The van der Waals surface area contributed by atoms with E-state index in [0.29, 0.717) is 0 Å². The Bertz CT molecular complexity index is 579. The number of hydrogen-bond acceptors (Lipinski definition) is 4. The van der Waals surface area contributed by atoms with Crippen LogP contribution in [0.15, 0.2) is 35.3 Å². The number of piperazine rings is 1. The summed E-state index contributed by atoms with van der Waals surface area (Å²) in [6.45, 7) is 17.1. The number of aliphatic imine (C=N–C) groups is 1. The van der Waals surface area contributed by atoms with Crippen molar-refractivity contribution >= 4 is 29.9 Å². The molecular formula is C24H44IN5O. The molecule has 1 aromatic rings. The number of halogens is 1. The molecule has 0 amide bonds. The highest BCUT2D eigenvalue weighted by atomic mass is 127. The lowest BCUT2D eigenvalue weighted by Crippen LogP contribution is -2.46. The van der Waals surface area contributed by atoms with Gasteiger partial charge >= 0.3 is 0 Å². The van der Waals surface area contributed by atoms with Gasteiger partial charge in [-0.25, -0.2) is 0 Å². The normalized spacial score (nSPS) is 16.5. The minimum Gasteiger partial charge on any atom is -0.374 e. The molecule has 1 unspecified atom stereocenters. The summed E-state index contributed by atoms with van der Waals surface area (Å²) in [6.07, 6.45) is 3.48. The third kappa shape index (κ3) is 12.1. The van der Waals surface area contributed by atoms with E-state index in [0.717, 1.165) is 38.6 Å². The Kier molecular flexibility index (Phi) is 16.0. The van der Waals surface area contributed by atoms with Crippen molar-refractivity contribution in [3.05, 3.63) is 35.9 Å². The zero-order valence-electron chi connectivity index (χ0n) is 19.8. The van der Waals surface area contributed by atoms with Crippen molar-refractivity contribution < 1.29 is 4.74 Å². The number of hydrogen-bond donors (Lipinski definition) is 2. The largest absolute Gasteiger partial charge is 0.374 e. The van der Waals surface area contributed by atoms with Gasteiger partial charge in [0.05, 0.1) is 6.10 Å². The van der Waals surface area contributed by atoms with Crippen LogP contribution in [0.3, 0.4) is 0 Å². The van der Waals surface area contributed by atoms with E-state index in [-0.39, 0.29) is 30.1 Å². The topological polar surface area (TPSA) is 52.1 Å². The summed E-state index contributed by atoms with van der Waals surface area (Å²) >= 11 is 0. The zero-order valence-corrected chi connectivity index (χ0v) is 22.1. The monoisotopic (exact) mass is 545 g/mol. The van der Waals surface area contributed by atoms with Crippen molar-refractivity contribution in [2.75, 3.05) is 65.5 Å². The second-order valence-corrected chi connectivity index (χ2v) is 7.95. The lowest BCUT2D eigenvalue weighted by molar-refractivity contribution is 0.0652. The molecule has 1 atom stereocenters. The van der Waals surface area contributed by atoms with Crippen molar-refractivity contribution in [1.29, 1.82) is 0 Å². The van der Waals surface area contributed by atoms with Gasteiger partial charge < -0.3 is 25.2 Å². The molecule has 0 spiro atoms. The fraction of sp³-hybridized carbons (Fsp3) is 0.708. The molecule has 7 heteroatoms. The van der Waals surface area contributed by atoms with Crippen molar-refractivity contribution in [3.8, 4) is 0 Å². The fourth-order valence-electron chi connectivity index (χ4n) is 3.67. The van der Waals surface area contributed by atoms with E-state index in [1.54, 1.807) is 0 Å². The highest BCUT2D eigenvalue weighted by Gasteiger charge is 2.14. The average Bonchev–Trinajstić information content (AvgIpc) is 2.79. The third-order valence-corrected chi connectivity index (χ3v) is 5.66. The number of guanidine groups is 1. The molecule has 0 radical (unpaired) electrons. The minimum atomic E-state index is 0. The van der Waals surface area contributed by atoms with Crippen LogP contribution in [0.5, 0.6) is 0 Å². The van der Waals surface area contributed by atoms with Gasteiger partial charge in [-0.05, 0) is 51.8 Å². The first-order valence-corrected chi connectivity index (χ1v) is 11.9. The standard InChI is InChI=1S/C24H43N5O.HI/c1-4-25-24(26-14-9-10-16-29-19-17-28(5-2)18-20-29)27-15-11-21-30-22(3)23-12-7-6-8-13-23;/h6-8,12-13,22H,4-5,9-11,14-21H2,1-3H3,(H2,25,26,27);1H. The molecule has 1 aliphatic heterocycles. The molecule has 1 heterocycles.